The van der Waals surface area contributed by atoms with Crippen LogP contribution in [0.25, 0.3) is 0 Å². The maximum absolute atomic E-state index is 2.57. The van der Waals surface area contributed by atoms with Crippen LogP contribution in [0.3, 0.4) is 0 Å². The molecule has 2 aromatic rings. The average Bonchev–Trinajstić information content (AvgIpc) is 2.56. The Morgan fingerprint density at radius 1 is 0.667 bits per heavy atom. The van der Waals surface area contributed by atoms with Crippen LogP contribution in [-0.2, 0) is 12.8 Å². The van der Waals surface area contributed by atoms with Gasteiger partial charge in [0.15, 0.2) is 0 Å². The lowest BCUT2D eigenvalue weighted by molar-refractivity contribution is 0.285. The fourth-order valence-corrected chi connectivity index (χ4v) is 2.67. The summed E-state index contributed by atoms with van der Waals surface area (Å²) in [7, 11) is 0. The molecule has 0 aliphatic carbocycles. The van der Waals surface area contributed by atoms with Crippen LogP contribution < -0.4 is 0 Å². The number of benzene rings is 2. The first-order chi connectivity index (χ1) is 10.4. The summed E-state index contributed by atoms with van der Waals surface area (Å²) < 4.78 is 0. The van der Waals surface area contributed by atoms with Crippen molar-refractivity contribution in [1.82, 2.24) is 4.90 Å². The summed E-state index contributed by atoms with van der Waals surface area (Å²) in [5, 5.41) is 0. The molecule has 0 heterocycles. The number of hydrogen-bond acceptors (Lipinski definition) is 1. The molecule has 0 fully saturated rings. The van der Waals surface area contributed by atoms with Gasteiger partial charge in [-0.2, -0.15) is 0 Å². The van der Waals surface area contributed by atoms with Crippen molar-refractivity contribution in [1.29, 1.82) is 0 Å². The SMILES string of the molecule is CCN(CCCCc1ccccc1)CCc1ccccc1. The van der Waals surface area contributed by atoms with Gasteiger partial charge in [0.1, 0.15) is 0 Å². The van der Waals surface area contributed by atoms with Crippen LogP contribution in [0, 0.1) is 0 Å². The normalized spacial score (nSPS) is 11.0. The molecular formula is C20H27N. The van der Waals surface area contributed by atoms with Gasteiger partial charge in [-0.3, -0.25) is 0 Å². The molecule has 0 N–H and O–H groups in total. The standard InChI is InChI=1S/C20H27N/c1-2-21(18-16-20-13-7-4-8-14-20)17-10-9-15-19-11-5-3-6-12-19/h3-8,11-14H,2,9-10,15-18H2,1H3. The first-order valence-electron chi connectivity index (χ1n) is 8.18. The van der Waals surface area contributed by atoms with Crippen LogP contribution in [0.2, 0.25) is 0 Å². The molecule has 0 bridgehead atoms. The minimum absolute atomic E-state index is 1.15. The molecule has 0 atom stereocenters. The summed E-state index contributed by atoms with van der Waals surface area (Å²) in [5.41, 5.74) is 2.91. The monoisotopic (exact) mass is 281 g/mol. The van der Waals surface area contributed by atoms with Crippen molar-refractivity contribution < 1.29 is 0 Å². The predicted octanol–water partition coefficient (Wildman–Crippen LogP) is 4.57. The topological polar surface area (TPSA) is 3.24 Å². The Labute approximate surface area is 129 Å². The molecule has 0 amide bonds. The quantitative estimate of drug-likeness (QED) is 0.608. The molecule has 0 aromatic heterocycles. The van der Waals surface area contributed by atoms with Gasteiger partial charge in [0.25, 0.3) is 0 Å². The van der Waals surface area contributed by atoms with Gasteiger partial charge in [-0.25, -0.2) is 0 Å². The van der Waals surface area contributed by atoms with Crippen LogP contribution >= 0.6 is 0 Å². The van der Waals surface area contributed by atoms with Gasteiger partial charge in [-0.15, -0.1) is 0 Å². The van der Waals surface area contributed by atoms with E-state index >= 15 is 0 Å². The molecule has 21 heavy (non-hydrogen) atoms. The molecule has 2 rings (SSSR count). The third kappa shape index (κ3) is 6.14. The van der Waals surface area contributed by atoms with E-state index in [4.69, 9.17) is 0 Å². The van der Waals surface area contributed by atoms with Gasteiger partial charge in [-0.05, 0) is 49.9 Å². The van der Waals surface area contributed by atoms with Crippen LogP contribution in [0.1, 0.15) is 30.9 Å². The summed E-state index contributed by atoms with van der Waals surface area (Å²) in [5.74, 6) is 0. The van der Waals surface area contributed by atoms with Crippen molar-refractivity contribution >= 4 is 0 Å². The van der Waals surface area contributed by atoms with Gasteiger partial charge in [0.05, 0.1) is 0 Å². The first-order valence-corrected chi connectivity index (χ1v) is 8.18. The van der Waals surface area contributed by atoms with Crippen LogP contribution in [-0.4, -0.2) is 24.5 Å². The molecule has 112 valence electrons. The minimum atomic E-state index is 1.15. The minimum Gasteiger partial charge on any atom is -0.303 e. The Bertz CT molecular complexity index is 478. The van der Waals surface area contributed by atoms with E-state index in [0.29, 0.717) is 0 Å². The van der Waals surface area contributed by atoms with Crippen LogP contribution in [0.5, 0.6) is 0 Å². The maximum Gasteiger partial charge on any atom is 0.00217 e. The lowest BCUT2D eigenvalue weighted by atomic mass is 10.1. The van der Waals surface area contributed by atoms with E-state index in [-0.39, 0.29) is 0 Å². The highest BCUT2D eigenvalue weighted by Gasteiger charge is 2.02. The van der Waals surface area contributed by atoms with Crippen molar-refractivity contribution in [2.45, 2.75) is 32.6 Å². The summed E-state index contributed by atoms with van der Waals surface area (Å²) in [6.45, 7) is 5.81. The molecule has 0 saturated carbocycles. The number of unbranched alkanes of at least 4 members (excludes halogenated alkanes) is 1. The van der Waals surface area contributed by atoms with E-state index in [2.05, 4.69) is 72.5 Å². The number of likely N-dealkylation sites (N-methyl/N-ethyl adjacent to an activating group) is 1. The van der Waals surface area contributed by atoms with Crippen LogP contribution in [0.15, 0.2) is 60.7 Å². The van der Waals surface area contributed by atoms with E-state index in [1.807, 2.05) is 0 Å². The highest BCUT2D eigenvalue weighted by molar-refractivity contribution is 5.15. The Hall–Kier alpha value is -1.60. The fraction of sp³-hybridized carbons (Fsp3) is 0.400. The second kappa shape index (κ2) is 9.36. The number of hydrogen-bond donors (Lipinski definition) is 0. The third-order valence-corrected chi connectivity index (χ3v) is 4.04. The summed E-state index contributed by atoms with van der Waals surface area (Å²) in [6, 6.07) is 21.6. The Morgan fingerprint density at radius 3 is 1.81 bits per heavy atom. The van der Waals surface area contributed by atoms with E-state index in [1.54, 1.807) is 0 Å². The molecule has 0 unspecified atom stereocenters. The van der Waals surface area contributed by atoms with E-state index in [9.17, 15) is 0 Å². The van der Waals surface area contributed by atoms with Crippen molar-refractivity contribution in [2.75, 3.05) is 19.6 Å². The Morgan fingerprint density at radius 2 is 1.24 bits per heavy atom. The third-order valence-electron chi connectivity index (χ3n) is 4.04. The van der Waals surface area contributed by atoms with Crippen molar-refractivity contribution in [2.24, 2.45) is 0 Å². The molecule has 0 aliphatic rings. The van der Waals surface area contributed by atoms with Gasteiger partial charge in [0, 0.05) is 6.54 Å². The molecular weight excluding hydrogens is 254 g/mol. The average molecular weight is 281 g/mol. The lowest BCUT2D eigenvalue weighted by Gasteiger charge is -2.20. The number of nitrogens with zero attached hydrogens (tertiary/aromatic N) is 1. The van der Waals surface area contributed by atoms with Gasteiger partial charge >= 0.3 is 0 Å². The smallest absolute Gasteiger partial charge is 0.00217 e. The second-order valence-corrected chi connectivity index (χ2v) is 5.61. The summed E-state index contributed by atoms with van der Waals surface area (Å²) in [6.07, 6.45) is 4.94. The molecule has 0 radical (unpaired) electrons. The molecule has 2 aromatic carbocycles. The first kappa shape index (κ1) is 15.8. The number of aryl methyl sites for hydroxylation is 1. The predicted molar refractivity (Wildman–Crippen MR) is 91.6 cm³/mol. The fourth-order valence-electron chi connectivity index (χ4n) is 2.67. The largest absolute Gasteiger partial charge is 0.303 e. The highest BCUT2D eigenvalue weighted by Crippen LogP contribution is 2.06. The Balaban J connectivity index is 1.63. The summed E-state index contributed by atoms with van der Waals surface area (Å²) >= 11 is 0. The number of rotatable bonds is 9. The van der Waals surface area contributed by atoms with Crippen molar-refractivity contribution in [3.05, 3.63) is 71.8 Å². The Kier molecular flexibility index (Phi) is 7.03. The van der Waals surface area contributed by atoms with E-state index in [1.165, 1.54) is 43.5 Å². The molecule has 1 nitrogen and oxygen atoms in total. The summed E-state index contributed by atoms with van der Waals surface area (Å²) in [4.78, 5) is 2.57. The molecule has 0 saturated heterocycles. The lowest BCUT2D eigenvalue weighted by Crippen LogP contribution is -2.27. The van der Waals surface area contributed by atoms with Crippen molar-refractivity contribution in [3.8, 4) is 0 Å². The van der Waals surface area contributed by atoms with Gasteiger partial charge in [-0.1, -0.05) is 67.6 Å². The molecule has 0 spiro atoms. The van der Waals surface area contributed by atoms with Crippen LogP contribution in [0.4, 0.5) is 0 Å². The zero-order chi connectivity index (χ0) is 14.8. The maximum atomic E-state index is 2.57. The van der Waals surface area contributed by atoms with Gasteiger partial charge in [0.2, 0.25) is 0 Å². The molecule has 1 heteroatoms. The van der Waals surface area contributed by atoms with E-state index in [0.717, 1.165) is 13.0 Å². The van der Waals surface area contributed by atoms with E-state index < -0.39 is 0 Å². The van der Waals surface area contributed by atoms with Gasteiger partial charge < -0.3 is 4.90 Å². The zero-order valence-electron chi connectivity index (χ0n) is 13.2. The second-order valence-electron chi connectivity index (χ2n) is 5.61. The van der Waals surface area contributed by atoms with Crippen molar-refractivity contribution in [3.63, 3.8) is 0 Å². The highest BCUT2D eigenvalue weighted by atomic mass is 15.1. The molecule has 0 aliphatic heterocycles. The zero-order valence-corrected chi connectivity index (χ0v) is 13.2.